The van der Waals surface area contributed by atoms with Gasteiger partial charge in [0.1, 0.15) is 18.0 Å². The van der Waals surface area contributed by atoms with Crippen molar-refractivity contribution in [3.63, 3.8) is 0 Å². The van der Waals surface area contributed by atoms with E-state index in [1.165, 1.54) is 0 Å². The van der Waals surface area contributed by atoms with Crippen molar-refractivity contribution in [1.82, 2.24) is 5.32 Å². The van der Waals surface area contributed by atoms with Gasteiger partial charge in [0.15, 0.2) is 11.6 Å². The van der Waals surface area contributed by atoms with E-state index in [1.807, 2.05) is 0 Å². The van der Waals surface area contributed by atoms with Gasteiger partial charge in [0.05, 0.1) is 6.61 Å². The van der Waals surface area contributed by atoms with Crippen LogP contribution in [0.2, 0.25) is 0 Å². The quantitative estimate of drug-likeness (QED) is 0.650. The SMILES string of the molecule is CCOC(=O)C1C(O)NC[C@H]1c1c(F)ccc(F)c1F. The molecule has 7 heteroatoms. The van der Waals surface area contributed by atoms with Crippen LogP contribution >= 0.6 is 0 Å². The van der Waals surface area contributed by atoms with Crippen molar-refractivity contribution in [2.24, 2.45) is 5.92 Å². The van der Waals surface area contributed by atoms with Crippen molar-refractivity contribution < 1.29 is 27.8 Å². The first-order valence-electron chi connectivity index (χ1n) is 6.18. The molecule has 1 aromatic carbocycles. The fourth-order valence-corrected chi connectivity index (χ4v) is 2.42. The molecule has 0 saturated carbocycles. The second kappa shape index (κ2) is 5.80. The zero-order chi connectivity index (χ0) is 14.9. The molecule has 1 aromatic rings. The van der Waals surface area contributed by atoms with Crippen LogP contribution in [0.3, 0.4) is 0 Å². The smallest absolute Gasteiger partial charge is 0.313 e. The molecule has 0 spiro atoms. The number of hydrogen-bond acceptors (Lipinski definition) is 4. The van der Waals surface area contributed by atoms with Crippen LogP contribution in [0.4, 0.5) is 13.2 Å². The zero-order valence-corrected chi connectivity index (χ0v) is 10.7. The number of hydrogen-bond donors (Lipinski definition) is 2. The Bertz CT molecular complexity index is 524. The largest absolute Gasteiger partial charge is 0.466 e. The van der Waals surface area contributed by atoms with Crippen LogP contribution in [0.1, 0.15) is 18.4 Å². The van der Waals surface area contributed by atoms with E-state index in [-0.39, 0.29) is 13.2 Å². The maximum atomic E-state index is 13.8. The monoisotopic (exact) mass is 289 g/mol. The van der Waals surface area contributed by atoms with E-state index < -0.39 is 47.0 Å². The van der Waals surface area contributed by atoms with Crippen molar-refractivity contribution in [3.8, 4) is 0 Å². The highest BCUT2D eigenvalue weighted by Crippen LogP contribution is 2.35. The Morgan fingerprint density at radius 2 is 2.05 bits per heavy atom. The Balaban J connectivity index is 2.41. The maximum absolute atomic E-state index is 13.8. The predicted octanol–water partition coefficient (Wildman–Crippen LogP) is 1.29. The van der Waals surface area contributed by atoms with Gasteiger partial charge in [-0.3, -0.25) is 10.1 Å². The first kappa shape index (κ1) is 14.8. The molecule has 2 unspecified atom stereocenters. The van der Waals surface area contributed by atoms with Crippen LogP contribution in [0.15, 0.2) is 12.1 Å². The second-order valence-corrected chi connectivity index (χ2v) is 4.49. The van der Waals surface area contributed by atoms with Gasteiger partial charge < -0.3 is 9.84 Å². The molecule has 1 aliphatic heterocycles. The van der Waals surface area contributed by atoms with Crippen LogP contribution in [0, 0.1) is 23.4 Å². The summed E-state index contributed by atoms with van der Waals surface area (Å²) < 4.78 is 45.6. The molecule has 1 aliphatic rings. The third kappa shape index (κ3) is 2.51. The van der Waals surface area contributed by atoms with Crippen LogP contribution in [0.25, 0.3) is 0 Å². The molecule has 2 rings (SSSR count). The fourth-order valence-electron chi connectivity index (χ4n) is 2.42. The minimum absolute atomic E-state index is 0.0536. The minimum Gasteiger partial charge on any atom is -0.466 e. The van der Waals surface area contributed by atoms with Crippen LogP contribution < -0.4 is 5.32 Å². The second-order valence-electron chi connectivity index (χ2n) is 4.49. The van der Waals surface area contributed by atoms with Crippen molar-refractivity contribution >= 4 is 5.97 Å². The summed E-state index contributed by atoms with van der Waals surface area (Å²) in [5.41, 5.74) is -0.549. The van der Waals surface area contributed by atoms with Crippen molar-refractivity contribution in [3.05, 3.63) is 35.1 Å². The van der Waals surface area contributed by atoms with Gasteiger partial charge in [0, 0.05) is 18.0 Å². The lowest BCUT2D eigenvalue weighted by Crippen LogP contribution is -2.33. The van der Waals surface area contributed by atoms with E-state index in [0.717, 1.165) is 6.07 Å². The average Bonchev–Trinajstić information content (AvgIpc) is 2.77. The highest BCUT2D eigenvalue weighted by molar-refractivity contribution is 5.75. The van der Waals surface area contributed by atoms with E-state index in [1.54, 1.807) is 6.92 Å². The van der Waals surface area contributed by atoms with E-state index in [9.17, 15) is 23.1 Å². The molecule has 0 amide bonds. The molecular weight excluding hydrogens is 275 g/mol. The van der Waals surface area contributed by atoms with Crippen LogP contribution in [-0.4, -0.2) is 30.5 Å². The third-order valence-electron chi connectivity index (χ3n) is 3.33. The molecule has 2 N–H and O–H groups in total. The van der Waals surface area contributed by atoms with E-state index >= 15 is 0 Å². The number of carbonyl (C=O) groups excluding carboxylic acids is 1. The van der Waals surface area contributed by atoms with Gasteiger partial charge in [-0.2, -0.15) is 0 Å². The number of benzene rings is 1. The first-order valence-corrected chi connectivity index (χ1v) is 6.18. The number of nitrogens with one attached hydrogen (secondary N) is 1. The molecular formula is C13H14F3NO3. The van der Waals surface area contributed by atoms with E-state index in [2.05, 4.69) is 5.32 Å². The lowest BCUT2D eigenvalue weighted by Gasteiger charge is -2.20. The normalized spacial score (nSPS) is 25.8. The molecule has 20 heavy (non-hydrogen) atoms. The molecule has 0 aromatic heterocycles. The summed E-state index contributed by atoms with van der Waals surface area (Å²) in [6, 6.07) is 1.47. The third-order valence-corrected chi connectivity index (χ3v) is 3.33. The Morgan fingerprint density at radius 3 is 2.70 bits per heavy atom. The number of halogens is 3. The molecule has 0 radical (unpaired) electrons. The topological polar surface area (TPSA) is 58.6 Å². The number of aliphatic hydroxyl groups is 1. The summed E-state index contributed by atoms with van der Waals surface area (Å²) in [7, 11) is 0. The number of carbonyl (C=O) groups is 1. The van der Waals surface area contributed by atoms with Gasteiger partial charge in [-0.25, -0.2) is 13.2 Å². The van der Waals surface area contributed by atoms with Crippen LogP contribution in [0.5, 0.6) is 0 Å². The summed E-state index contributed by atoms with van der Waals surface area (Å²) in [5, 5.41) is 12.2. The average molecular weight is 289 g/mol. The molecule has 4 nitrogen and oxygen atoms in total. The predicted molar refractivity (Wildman–Crippen MR) is 63.2 cm³/mol. The summed E-state index contributed by atoms with van der Waals surface area (Å²) in [6.07, 6.45) is -1.29. The molecule has 3 atom stereocenters. The van der Waals surface area contributed by atoms with Crippen molar-refractivity contribution in [2.45, 2.75) is 19.1 Å². The zero-order valence-electron chi connectivity index (χ0n) is 10.7. The highest BCUT2D eigenvalue weighted by Gasteiger charge is 2.44. The fraction of sp³-hybridized carbons (Fsp3) is 0.462. The van der Waals surface area contributed by atoms with Gasteiger partial charge in [-0.05, 0) is 19.1 Å². The van der Waals surface area contributed by atoms with Gasteiger partial charge in [0.2, 0.25) is 0 Å². The first-order chi connectivity index (χ1) is 9.47. The Morgan fingerprint density at radius 1 is 1.40 bits per heavy atom. The molecule has 0 bridgehead atoms. The van der Waals surface area contributed by atoms with Gasteiger partial charge in [0.25, 0.3) is 0 Å². The summed E-state index contributed by atoms with van der Waals surface area (Å²) in [4.78, 5) is 11.8. The Kier molecular flexibility index (Phi) is 4.29. The maximum Gasteiger partial charge on any atom is 0.313 e. The molecule has 0 aliphatic carbocycles. The van der Waals surface area contributed by atoms with Crippen LogP contribution in [-0.2, 0) is 9.53 Å². The highest BCUT2D eigenvalue weighted by atomic mass is 19.2. The summed E-state index contributed by atoms with van der Waals surface area (Å²) in [6.45, 7) is 1.59. The van der Waals surface area contributed by atoms with Gasteiger partial charge in [-0.1, -0.05) is 0 Å². The van der Waals surface area contributed by atoms with Gasteiger partial charge in [-0.15, -0.1) is 0 Å². The Labute approximate surface area is 113 Å². The minimum atomic E-state index is -1.35. The number of ether oxygens (including phenoxy) is 1. The standard InChI is InChI=1S/C13H14F3NO3/c1-2-20-13(19)10-6(5-17-12(10)18)9-7(14)3-4-8(15)11(9)16/h3-4,6,10,12,17-18H,2,5H2,1H3/t6-,10?,12?/m0/s1. The lowest BCUT2D eigenvalue weighted by molar-refractivity contribution is -0.151. The molecule has 1 heterocycles. The number of rotatable bonds is 3. The molecule has 110 valence electrons. The van der Waals surface area contributed by atoms with Crippen molar-refractivity contribution in [1.29, 1.82) is 0 Å². The Hall–Kier alpha value is -1.60. The molecule has 1 fully saturated rings. The lowest BCUT2D eigenvalue weighted by atomic mass is 9.87. The number of esters is 1. The van der Waals surface area contributed by atoms with E-state index in [4.69, 9.17) is 4.74 Å². The number of aliphatic hydroxyl groups excluding tert-OH is 1. The van der Waals surface area contributed by atoms with Crippen molar-refractivity contribution in [2.75, 3.05) is 13.2 Å². The summed E-state index contributed by atoms with van der Waals surface area (Å²) in [5.74, 6) is -6.50. The summed E-state index contributed by atoms with van der Waals surface area (Å²) >= 11 is 0. The van der Waals surface area contributed by atoms with E-state index in [0.29, 0.717) is 6.07 Å². The molecule has 1 saturated heterocycles. The van der Waals surface area contributed by atoms with Gasteiger partial charge >= 0.3 is 5.97 Å².